The van der Waals surface area contributed by atoms with Crippen LogP contribution < -0.4 is 0 Å². The van der Waals surface area contributed by atoms with E-state index in [2.05, 4.69) is 0 Å². The van der Waals surface area contributed by atoms with Crippen molar-refractivity contribution in [1.29, 1.82) is 10.5 Å². The fraction of sp³-hybridized carbons (Fsp3) is 0.417. The Bertz CT molecular complexity index is 420. The summed E-state index contributed by atoms with van der Waals surface area (Å²) in [4.78, 5) is 13.7. The van der Waals surface area contributed by atoms with Gasteiger partial charge in [-0.2, -0.15) is 10.5 Å². The Morgan fingerprint density at radius 2 is 1.65 bits per heavy atom. The number of hydrogen-bond acceptors (Lipinski definition) is 5. The fourth-order valence-electron chi connectivity index (χ4n) is 0.706. The smallest absolute Gasteiger partial charge is 0.301 e. The van der Waals surface area contributed by atoms with E-state index in [1.165, 1.54) is 31.1 Å². The van der Waals surface area contributed by atoms with Crippen molar-refractivity contribution >= 4 is 29.8 Å². The molecule has 0 aliphatic carbocycles. The number of Topliss-reactive ketones (excluding diaryl/α,β-unsaturated/α-hetero) is 1. The van der Waals surface area contributed by atoms with Gasteiger partial charge < -0.3 is 9.80 Å². The zero-order valence-corrected chi connectivity index (χ0v) is 14.0. The van der Waals surface area contributed by atoms with Gasteiger partial charge in [0.1, 0.15) is 11.6 Å². The summed E-state index contributed by atoms with van der Waals surface area (Å²) in [6.07, 6.45) is 1.07. The summed E-state index contributed by atoms with van der Waals surface area (Å²) in [5, 5.41) is 16.2. The SMILES string of the molecule is CN(C)/C=C(/C#N)C(=O)C(F)F.CN(C)/C=C\C#N.I. The normalized spacial score (nSPS) is 9.75. The van der Waals surface area contributed by atoms with E-state index >= 15 is 0 Å². The molecule has 0 bridgehead atoms. The van der Waals surface area contributed by atoms with Gasteiger partial charge in [-0.3, -0.25) is 4.79 Å². The number of carbonyl (C=O) groups excluding carboxylic acids is 1. The van der Waals surface area contributed by atoms with Gasteiger partial charge in [0, 0.05) is 46.7 Å². The van der Waals surface area contributed by atoms with Crippen LogP contribution in [-0.2, 0) is 4.79 Å². The molecule has 0 rings (SSSR count). The highest BCUT2D eigenvalue weighted by Gasteiger charge is 2.20. The van der Waals surface area contributed by atoms with Gasteiger partial charge in [0.05, 0.1) is 6.07 Å². The van der Waals surface area contributed by atoms with Crippen molar-refractivity contribution in [3.8, 4) is 12.1 Å². The quantitative estimate of drug-likeness (QED) is 0.412. The second-order valence-corrected chi connectivity index (χ2v) is 3.69. The van der Waals surface area contributed by atoms with Crippen molar-refractivity contribution in [2.75, 3.05) is 28.2 Å². The van der Waals surface area contributed by atoms with Gasteiger partial charge in [0.25, 0.3) is 0 Å². The largest absolute Gasteiger partial charge is 0.383 e. The second kappa shape index (κ2) is 13.7. The van der Waals surface area contributed by atoms with Crippen LogP contribution >= 0.6 is 24.0 Å². The first-order valence-electron chi connectivity index (χ1n) is 5.09. The van der Waals surface area contributed by atoms with Crippen LogP contribution in [0.3, 0.4) is 0 Å². The van der Waals surface area contributed by atoms with E-state index in [9.17, 15) is 13.6 Å². The summed E-state index contributed by atoms with van der Waals surface area (Å²) in [7, 11) is 6.81. The molecule has 0 aromatic heterocycles. The lowest BCUT2D eigenvalue weighted by Crippen LogP contribution is -2.14. The number of carbonyl (C=O) groups is 1. The van der Waals surface area contributed by atoms with Crippen molar-refractivity contribution in [2.24, 2.45) is 0 Å². The molecule has 0 radical (unpaired) electrons. The fourth-order valence-corrected chi connectivity index (χ4v) is 0.706. The summed E-state index contributed by atoms with van der Waals surface area (Å²) in [6.45, 7) is 0. The molecule has 0 amide bonds. The van der Waals surface area contributed by atoms with Crippen LogP contribution in [0.4, 0.5) is 8.78 Å². The first-order valence-corrected chi connectivity index (χ1v) is 5.09. The van der Waals surface area contributed by atoms with Crippen molar-refractivity contribution in [3.05, 3.63) is 24.0 Å². The Morgan fingerprint density at radius 1 is 1.15 bits per heavy atom. The highest BCUT2D eigenvalue weighted by Crippen LogP contribution is 2.04. The summed E-state index contributed by atoms with van der Waals surface area (Å²) in [6, 6.07) is 3.28. The number of nitrogens with zero attached hydrogens (tertiary/aromatic N) is 4. The van der Waals surface area contributed by atoms with Gasteiger partial charge in [-0.05, 0) is 0 Å². The lowest BCUT2D eigenvalue weighted by Gasteiger charge is -2.04. The molecule has 0 aromatic carbocycles. The van der Waals surface area contributed by atoms with Crippen molar-refractivity contribution in [1.82, 2.24) is 9.80 Å². The van der Waals surface area contributed by atoms with E-state index < -0.39 is 17.8 Å². The van der Waals surface area contributed by atoms with Gasteiger partial charge in [-0.25, -0.2) is 8.78 Å². The molecule has 0 fully saturated rings. The van der Waals surface area contributed by atoms with E-state index in [4.69, 9.17) is 10.5 Å². The monoisotopic (exact) mass is 398 g/mol. The maximum Gasteiger partial charge on any atom is 0.301 e. The van der Waals surface area contributed by atoms with E-state index in [1.807, 2.05) is 25.1 Å². The predicted octanol–water partition coefficient (Wildman–Crippen LogP) is 1.99. The van der Waals surface area contributed by atoms with Crippen LogP contribution in [0.2, 0.25) is 0 Å². The highest BCUT2D eigenvalue weighted by atomic mass is 127. The van der Waals surface area contributed by atoms with Crippen LogP contribution in [0.25, 0.3) is 0 Å². The van der Waals surface area contributed by atoms with Crippen LogP contribution in [0, 0.1) is 22.7 Å². The van der Waals surface area contributed by atoms with Crippen LogP contribution in [0.1, 0.15) is 0 Å². The van der Waals surface area contributed by atoms with E-state index in [0.29, 0.717) is 0 Å². The molecule has 0 spiro atoms. The van der Waals surface area contributed by atoms with Gasteiger partial charge in [-0.1, -0.05) is 0 Å². The van der Waals surface area contributed by atoms with Crippen molar-refractivity contribution in [2.45, 2.75) is 6.43 Å². The van der Waals surface area contributed by atoms with Crippen LogP contribution in [-0.4, -0.2) is 50.2 Å². The molecule has 0 aliphatic rings. The van der Waals surface area contributed by atoms with Gasteiger partial charge in [0.2, 0.25) is 5.78 Å². The number of allylic oxidation sites excluding steroid dienone is 2. The number of nitriles is 2. The maximum atomic E-state index is 11.8. The third-order valence-corrected chi connectivity index (χ3v) is 1.42. The molecular weight excluding hydrogens is 381 g/mol. The summed E-state index contributed by atoms with van der Waals surface area (Å²) in [5.74, 6) is -1.44. The van der Waals surface area contributed by atoms with Crippen LogP contribution in [0.15, 0.2) is 24.0 Å². The number of ketones is 1. The predicted molar refractivity (Wildman–Crippen MR) is 82.2 cm³/mol. The molecule has 0 atom stereocenters. The molecule has 5 nitrogen and oxygen atoms in total. The molecule has 0 saturated carbocycles. The molecule has 0 heterocycles. The van der Waals surface area contributed by atoms with Gasteiger partial charge in [-0.15, -0.1) is 24.0 Å². The summed E-state index contributed by atoms with van der Waals surface area (Å²) in [5.41, 5.74) is -0.532. The first kappa shape index (κ1) is 23.4. The molecular formula is C12H17F2IN4O. The topological polar surface area (TPSA) is 71.1 Å². The number of alkyl halides is 2. The Morgan fingerprint density at radius 3 is 1.85 bits per heavy atom. The zero-order chi connectivity index (χ0) is 15.4. The highest BCUT2D eigenvalue weighted by molar-refractivity contribution is 14.0. The Kier molecular flexibility index (Phi) is 16.1. The molecule has 0 aliphatic heterocycles. The summed E-state index contributed by atoms with van der Waals surface area (Å²) < 4.78 is 23.5. The van der Waals surface area contributed by atoms with Crippen LogP contribution in [0.5, 0.6) is 0 Å². The Balaban J connectivity index is -0.000000312. The third-order valence-electron chi connectivity index (χ3n) is 1.42. The number of halogens is 3. The Hall–Kier alpha value is -1.68. The van der Waals surface area contributed by atoms with Crippen molar-refractivity contribution in [3.63, 3.8) is 0 Å². The average molecular weight is 398 g/mol. The van der Waals surface area contributed by atoms with E-state index in [-0.39, 0.29) is 24.0 Å². The molecule has 0 unspecified atom stereocenters. The molecule has 112 valence electrons. The lowest BCUT2D eigenvalue weighted by molar-refractivity contribution is -0.125. The molecule has 8 heteroatoms. The zero-order valence-electron chi connectivity index (χ0n) is 11.7. The van der Waals surface area contributed by atoms with E-state index in [1.54, 1.807) is 6.20 Å². The standard InChI is InChI=1S/C7H8F2N2O.C5H8N2.HI/c1-11(2)4-5(3-10)6(12)7(8)9;1-7(2)5-3-4-6;/h4,7H,1-2H3;3,5H,1-2H3;1H/b5-4-;5-3-;. The minimum atomic E-state index is -3.11. The maximum absolute atomic E-state index is 11.8. The minimum absolute atomic E-state index is 0. The molecule has 0 aromatic rings. The molecule has 20 heavy (non-hydrogen) atoms. The Labute approximate surface area is 134 Å². The van der Waals surface area contributed by atoms with Gasteiger partial charge >= 0.3 is 6.43 Å². The molecule has 0 N–H and O–H groups in total. The summed E-state index contributed by atoms with van der Waals surface area (Å²) >= 11 is 0. The third kappa shape index (κ3) is 14.4. The minimum Gasteiger partial charge on any atom is -0.383 e. The second-order valence-electron chi connectivity index (χ2n) is 3.69. The van der Waals surface area contributed by atoms with E-state index in [0.717, 1.165) is 6.20 Å². The van der Waals surface area contributed by atoms with Gasteiger partial charge in [0.15, 0.2) is 0 Å². The number of hydrogen-bond donors (Lipinski definition) is 0. The first-order chi connectivity index (χ1) is 8.76. The lowest BCUT2D eigenvalue weighted by atomic mass is 10.2. The molecule has 0 saturated heterocycles. The average Bonchev–Trinajstić information content (AvgIpc) is 2.32. The van der Waals surface area contributed by atoms with Crippen molar-refractivity contribution < 1.29 is 13.6 Å². The number of rotatable bonds is 4.